The molecule has 7 nitrogen and oxygen atoms in total. The maximum Gasteiger partial charge on any atom is 0.308 e. The lowest BCUT2D eigenvalue weighted by Gasteiger charge is -2.33. The molecule has 7 heteroatoms. The van der Waals surface area contributed by atoms with Crippen LogP contribution in [0.15, 0.2) is 47.7 Å². The molecule has 0 amide bonds. The molecule has 0 radical (unpaired) electrons. The first-order chi connectivity index (χ1) is 13.7. The van der Waals surface area contributed by atoms with Gasteiger partial charge >= 0.3 is 5.97 Å². The van der Waals surface area contributed by atoms with Gasteiger partial charge in [0.2, 0.25) is 0 Å². The minimum Gasteiger partial charge on any atom is -0.469 e. The molecule has 1 fully saturated rings. The lowest BCUT2D eigenvalue weighted by Crippen LogP contribution is -2.46. The Morgan fingerprint density at radius 1 is 1.29 bits per heavy atom. The van der Waals surface area contributed by atoms with E-state index in [9.17, 15) is 4.79 Å². The van der Waals surface area contributed by atoms with E-state index in [1.807, 2.05) is 30.6 Å². The molecule has 1 aromatic heterocycles. The largest absolute Gasteiger partial charge is 0.469 e. The molecule has 0 atom stereocenters. The van der Waals surface area contributed by atoms with E-state index in [0.29, 0.717) is 6.54 Å². The van der Waals surface area contributed by atoms with Gasteiger partial charge in [0.1, 0.15) is 12.4 Å². The minimum atomic E-state index is -0.107. The number of hydrogen-bond donors (Lipinski definition) is 1. The number of nitrogens with zero attached hydrogens (tertiary/aromatic N) is 4. The normalized spacial score (nSPS) is 15.5. The lowest BCUT2D eigenvalue weighted by molar-refractivity contribution is -0.146. The quantitative estimate of drug-likeness (QED) is 0.471. The average molecular weight is 383 g/mol. The van der Waals surface area contributed by atoms with Crippen LogP contribution in [0, 0.1) is 5.92 Å². The maximum absolute atomic E-state index is 11.7. The summed E-state index contributed by atoms with van der Waals surface area (Å²) in [6.07, 6.45) is 5.40. The van der Waals surface area contributed by atoms with Crippen molar-refractivity contribution in [2.45, 2.75) is 32.9 Å². The number of carbonyl (C=O) groups is 1. The van der Waals surface area contributed by atoms with Crippen LogP contribution in [0.25, 0.3) is 0 Å². The molecule has 1 aromatic carbocycles. The zero-order valence-electron chi connectivity index (χ0n) is 16.7. The molecular formula is C21H29N5O2. The van der Waals surface area contributed by atoms with Gasteiger partial charge in [-0.05, 0) is 25.3 Å². The molecular weight excluding hydrogens is 354 g/mol. The molecule has 1 aliphatic rings. The van der Waals surface area contributed by atoms with E-state index in [0.717, 1.165) is 50.8 Å². The summed E-state index contributed by atoms with van der Waals surface area (Å²) >= 11 is 0. The minimum absolute atomic E-state index is 0.00565. The first-order valence-corrected chi connectivity index (χ1v) is 9.86. The van der Waals surface area contributed by atoms with Crippen LogP contribution in [0.5, 0.6) is 0 Å². The van der Waals surface area contributed by atoms with E-state index < -0.39 is 0 Å². The number of guanidine groups is 1. The van der Waals surface area contributed by atoms with Crippen LogP contribution < -0.4 is 5.32 Å². The van der Waals surface area contributed by atoms with Gasteiger partial charge < -0.3 is 19.5 Å². The highest BCUT2D eigenvalue weighted by molar-refractivity contribution is 5.80. The number of likely N-dealkylation sites (tertiary alicyclic amines) is 1. The first kappa shape index (κ1) is 19.9. The number of ether oxygens (including phenoxy) is 1. The average Bonchev–Trinajstić information content (AvgIpc) is 3.18. The standard InChI is InChI=1S/C21H29N5O2/c1-3-22-21(25-12-9-18(10-13-25)20(27)28-2)24-15-19-23-11-14-26(19)16-17-7-5-4-6-8-17/h4-8,11,14,18H,3,9-10,12-13,15-16H2,1-2H3,(H,22,24). The van der Waals surface area contributed by atoms with E-state index in [4.69, 9.17) is 9.73 Å². The molecule has 0 saturated carbocycles. The smallest absolute Gasteiger partial charge is 0.308 e. The molecule has 0 spiro atoms. The number of hydrogen-bond acceptors (Lipinski definition) is 4. The van der Waals surface area contributed by atoms with Crippen molar-refractivity contribution < 1.29 is 9.53 Å². The maximum atomic E-state index is 11.7. The van der Waals surface area contributed by atoms with Crippen molar-refractivity contribution in [1.29, 1.82) is 0 Å². The van der Waals surface area contributed by atoms with Crippen molar-refractivity contribution in [3.8, 4) is 0 Å². The lowest BCUT2D eigenvalue weighted by atomic mass is 9.97. The Morgan fingerprint density at radius 3 is 2.71 bits per heavy atom. The third-order valence-electron chi connectivity index (χ3n) is 5.03. The van der Waals surface area contributed by atoms with Gasteiger partial charge in [0.15, 0.2) is 5.96 Å². The number of aliphatic imine (C=N–C) groups is 1. The molecule has 1 saturated heterocycles. The monoisotopic (exact) mass is 383 g/mol. The summed E-state index contributed by atoms with van der Waals surface area (Å²) in [5, 5.41) is 3.36. The summed E-state index contributed by atoms with van der Waals surface area (Å²) in [5.41, 5.74) is 1.24. The van der Waals surface area contributed by atoms with Crippen molar-refractivity contribution in [2.75, 3.05) is 26.7 Å². The third-order valence-corrected chi connectivity index (χ3v) is 5.03. The number of aromatic nitrogens is 2. The number of nitrogens with one attached hydrogen (secondary N) is 1. The number of rotatable bonds is 6. The van der Waals surface area contributed by atoms with Crippen LogP contribution in [0.4, 0.5) is 0 Å². The van der Waals surface area contributed by atoms with Crippen LogP contribution in [0.2, 0.25) is 0 Å². The fourth-order valence-corrected chi connectivity index (χ4v) is 3.48. The van der Waals surface area contributed by atoms with Crippen molar-refractivity contribution in [2.24, 2.45) is 10.9 Å². The van der Waals surface area contributed by atoms with Crippen molar-refractivity contribution in [1.82, 2.24) is 19.8 Å². The molecule has 2 aromatic rings. The number of methoxy groups -OCH3 is 1. The van der Waals surface area contributed by atoms with Gasteiger partial charge in [-0.2, -0.15) is 0 Å². The summed E-state index contributed by atoms with van der Waals surface area (Å²) in [4.78, 5) is 23.2. The van der Waals surface area contributed by atoms with E-state index in [1.54, 1.807) is 0 Å². The van der Waals surface area contributed by atoms with Crippen molar-refractivity contribution >= 4 is 11.9 Å². The highest BCUT2D eigenvalue weighted by Gasteiger charge is 2.27. The number of imidazole rings is 1. The fourth-order valence-electron chi connectivity index (χ4n) is 3.48. The van der Waals surface area contributed by atoms with Gasteiger partial charge in [0.25, 0.3) is 0 Å². The van der Waals surface area contributed by atoms with Gasteiger partial charge in [-0.1, -0.05) is 30.3 Å². The van der Waals surface area contributed by atoms with Crippen LogP contribution in [-0.4, -0.2) is 53.1 Å². The molecule has 1 N–H and O–H groups in total. The molecule has 1 aliphatic heterocycles. The van der Waals surface area contributed by atoms with Crippen LogP contribution in [0.3, 0.4) is 0 Å². The second-order valence-electron chi connectivity index (χ2n) is 6.91. The number of piperidine rings is 1. The van der Waals surface area contributed by atoms with E-state index >= 15 is 0 Å². The van der Waals surface area contributed by atoms with Gasteiger partial charge in [0, 0.05) is 38.6 Å². The molecule has 0 unspecified atom stereocenters. The molecule has 28 heavy (non-hydrogen) atoms. The SMILES string of the molecule is CCNC(=NCc1nccn1Cc1ccccc1)N1CCC(C(=O)OC)CC1. The van der Waals surface area contributed by atoms with Gasteiger partial charge in [0.05, 0.1) is 13.0 Å². The number of carbonyl (C=O) groups excluding carboxylic acids is 1. The van der Waals surface area contributed by atoms with Gasteiger partial charge in [-0.3, -0.25) is 4.79 Å². The highest BCUT2D eigenvalue weighted by atomic mass is 16.5. The van der Waals surface area contributed by atoms with Gasteiger partial charge in [-0.15, -0.1) is 0 Å². The summed E-state index contributed by atoms with van der Waals surface area (Å²) < 4.78 is 7.01. The Balaban J connectivity index is 1.64. The summed E-state index contributed by atoms with van der Waals surface area (Å²) in [6.45, 7) is 5.75. The van der Waals surface area contributed by atoms with Crippen LogP contribution in [-0.2, 0) is 22.6 Å². The third kappa shape index (κ3) is 5.12. The Labute approximate surface area is 166 Å². The summed E-state index contributed by atoms with van der Waals surface area (Å²) in [7, 11) is 1.46. The van der Waals surface area contributed by atoms with Crippen molar-refractivity contribution in [3.63, 3.8) is 0 Å². The Kier molecular flexibility index (Phi) is 7.06. The highest BCUT2D eigenvalue weighted by Crippen LogP contribution is 2.18. The van der Waals surface area contributed by atoms with E-state index in [2.05, 4.69) is 38.8 Å². The summed E-state index contributed by atoms with van der Waals surface area (Å²) in [6, 6.07) is 10.3. The zero-order chi connectivity index (χ0) is 19.8. The molecule has 0 aliphatic carbocycles. The van der Waals surface area contributed by atoms with E-state index in [-0.39, 0.29) is 11.9 Å². The number of esters is 1. The first-order valence-electron chi connectivity index (χ1n) is 9.86. The van der Waals surface area contributed by atoms with Gasteiger partial charge in [-0.25, -0.2) is 9.98 Å². The Morgan fingerprint density at radius 2 is 2.04 bits per heavy atom. The summed E-state index contributed by atoms with van der Waals surface area (Å²) in [5.74, 6) is 1.70. The number of benzene rings is 1. The second kappa shape index (κ2) is 9.92. The predicted octanol–water partition coefficient (Wildman–Crippen LogP) is 2.28. The Hall–Kier alpha value is -2.83. The van der Waals surface area contributed by atoms with Crippen LogP contribution in [0.1, 0.15) is 31.2 Å². The molecule has 150 valence electrons. The fraction of sp³-hybridized carbons (Fsp3) is 0.476. The van der Waals surface area contributed by atoms with Crippen molar-refractivity contribution in [3.05, 3.63) is 54.1 Å². The predicted molar refractivity (Wildman–Crippen MR) is 109 cm³/mol. The topological polar surface area (TPSA) is 71.8 Å². The Bertz CT molecular complexity index is 779. The van der Waals surface area contributed by atoms with Crippen LogP contribution >= 0.6 is 0 Å². The zero-order valence-corrected chi connectivity index (χ0v) is 16.7. The second-order valence-corrected chi connectivity index (χ2v) is 6.91. The molecule has 3 rings (SSSR count). The molecule has 2 heterocycles. The molecule has 0 bridgehead atoms. The van der Waals surface area contributed by atoms with E-state index in [1.165, 1.54) is 12.7 Å².